The Morgan fingerprint density at radius 3 is 1.58 bits per heavy atom. The first-order chi connectivity index (χ1) is 10.6. The van der Waals surface area contributed by atoms with Gasteiger partial charge in [0.1, 0.15) is 0 Å². The SMILES string of the molecule is C=Cc1ccc([Si](C)(C)OC(C)(C)C)c([Si](C)(C)OC(C)(C)C)c1. The molecule has 0 spiro atoms. The predicted molar refractivity (Wildman–Crippen MR) is 112 cm³/mol. The van der Waals surface area contributed by atoms with Crippen LogP contribution in [0.4, 0.5) is 0 Å². The Kier molecular flexibility index (Phi) is 6.14. The Morgan fingerprint density at radius 1 is 0.792 bits per heavy atom. The summed E-state index contributed by atoms with van der Waals surface area (Å²) in [6, 6.07) is 6.65. The van der Waals surface area contributed by atoms with E-state index in [1.807, 2.05) is 6.08 Å². The third-order valence-electron chi connectivity index (χ3n) is 3.70. The zero-order valence-electron chi connectivity index (χ0n) is 17.3. The highest BCUT2D eigenvalue weighted by molar-refractivity contribution is 6.94. The van der Waals surface area contributed by atoms with Crippen molar-refractivity contribution in [3.63, 3.8) is 0 Å². The summed E-state index contributed by atoms with van der Waals surface area (Å²) >= 11 is 0. The molecule has 0 N–H and O–H groups in total. The molecule has 0 aliphatic heterocycles. The second-order valence-electron chi connectivity index (χ2n) is 9.46. The highest BCUT2D eigenvalue weighted by Crippen LogP contribution is 2.21. The maximum absolute atomic E-state index is 6.55. The third kappa shape index (κ3) is 5.99. The van der Waals surface area contributed by atoms with Crippen LogP contribution in [0.5, 0.6) is 0 Å². The molecule has 0 aliphatic carbocycles. The normalized spacial score (nSPS) is 13.9. The van der Waals surface area contributed by atoms with E-state index in [0.717, 1.165) is 5.56 Å². The summed E-state index contributed by atoms with van der Waals surface area (Å²) in [5.41, 5.74) is 0.835. The maximum Gasteiger partial charge on any atom is 0.218 e. The Labute approximate surface area is 151 Å². The molecule has 0 heterocycles. The minimum atomic E-state index is -2.09. The van der Waals surface area contributed by atoms with Crippen molar-refractivity contribution < 1.29 is 8.85 Å². The quantitative estimate of drug-likeness (QED) is 0.700. The van der Waals surface area contributed by atoms with Crippen LogP contribution in [0, 0.1) is 0 Å². The monoisotopic (exact) mass is 364 g/mol. The molecule has 0 atom stereocenters. The van der Waals surface area contributed by atoms with Crippen LogP contribution in [0.1, 0.15) is 47.1 Å². The van der Waals surface area contributed by atoms with Crippen molar-refractivity contribution in [2.75, 3.05) is 0 Å². The summed E-state index contributed by atoms with van der Waals surface area (Å²) in [6.07, 6.45) is 1.91. The fourth-order valence-corrected chi connectivity index (χ4v) is 10.9. The minimum Gasteiger partial charge on any atom is -0.408 e. The van der Waals surface area contributed by atoms with E-state index in [4.69, 9.17) is 8.85 Å². The summed E-state index contributed by atoms with van der Waals surface area (Å²) < 4.78 is 13.1. The van der Waals surface area contributed by atoms with Crippen LogP contribution in [-0.4, -0.2) is 27.8 Å². The average molecular weight is 365 g/mol. The Morgan fingerprint density at radius 2 is 1.21 bits per heavy atom. The number of hydrogen-bond acceptors (Lipinski definition) is 2. The largest absolute Gasteiger partial charge is 0.408 e. The van der Waals surface area contributed by atoms with Gasteiger partial charge < -0.3 is 8.85 Å². The van der Waals surface area contributed by atoms with E-state index < -0.39 is 16.6 Å². The standard InChI is InChI=1S/C20H36O2Si2/c1-12-16-13-14-17(23(8,9)21-19(2,3)4)18(15-16)24(10,11)22-20(5,6)7/h12-15H,1H2,2-11H3. The first kappa shape index (κ1) is 21.4. The Hall–Kier alpha value is -0.686. The van der Waals surface area contributed by atoms with Gasteiger partial charge in [0.15, 0.2) is 0 Å². The molecule has 0 saturated heterocycles. The van der Waals surface area contributed by atoms with E-state index in [9.17, 15) is 0 Å². The minimum absolute atomic E-state index is 0.152. The molecule has 1 aromatic carbocycles. The maximum atomic E-state index is 6.55. The molecule has 0 bridgehead atoms. The van der Waals surface area contributed by atoms with E-state index in [1.165, 1.54) is 10.4 Å². The zero-order chi connectivity index (χ0) is 19.0. The van der Waals surface area contributed by atoms with Crippen LogP contribution in [0.3, 0.4) is 0 Å². The van der Waals surface area contributed by atoms with Crippen molar-refractivity contribution in [1.82, 2.24) is 0 Å². The molecule has 1 rings (SSSR count). The molecule has 136 valence electrons. The molecule has 0 radical (unpaired) electrons. The lowest BCUT2D eigenvalue weighted by atomic mass is 10.2. The van der Waals surface area contributed by atoms with Gasteiger partial charge in [0.05, 0.1) is 0 Å². The molecule has 0 aliphatic rings. The Bertz CT molecular complexity index is 591. The lowest BCUT2D eigenvalue weighted by molar-refractivity contribution is 0.123. The summed E-state index contributed by atoms with van der Waals surface area (Å²) in [5.74, 6) is 0. The molecule has 2 nitrogen and oxygen atoms in total. The van der Waals surface area contributed by atoms with E-state index in [1.54, 1.807) is 0 Å². The molecular weight excluding hydrogens is 328 g/mol. The Balaban J connectivity index is 3.49. The van der Waals surface area contributed by atoms with Gasteiger partial charge in [-0.3, -0.25) is 0 Å². The highest BCUT2D eigenvalue weighted by Gasteiger charge is 2.39. The van der Waals surface area contributed by atoms with Crippen LogP contribution in [-0.2, 0) is 8.85 Å². The summed E-state index contributed by atoms with van der Waals surface area (Å²) in [7, 11) is -4.15. The molecule has 1 aromatic rings. The molecule has 0 fully saturated rings. The van der Waals surface area contributed by atoms with Crippen molar-refractivity contribution in [2.45, 2.75) is 78.9 Å². The van der Waals surface area contributed by atoms with Crippen LogP contribution in [0.2, 0.25) is 26.2 Å². The van der Waals surface area contributed by atoms with Crippen LogP contribution >= 0.6 is 0 Å². The van der Waals surface area contributed by atoms with Crippen LogP contribution < -0.4 is 10.4 Å². The first-order valence-corrected chi connectivity index (χ1v) is 14.6. The summed E-state index contributed by atoms with van der Waals surface area (Å²) in [4.78, 5) is 0. The lowest BCUT2D eigenvalue weighted by Crippen LogP contribution is -2.63. The number of benzene rings is 1. The van der Waals surface area contributed by atoms with Gasteiger partial charge >= 0.3 is 0 Å². The fraction of sp³-hybridized carbons (Fsp3) is 0.600. The van der Waals surface area contributed by atoms with Crippen molar-refractivity contribution in [1.29, 1.82) is 0 Å². The van der Waals surface area contributed by atoms with E-state index >= 15 is 0 Å². The molecule has 4 heteroatoms. The van der Waals surface area contributed by atoms with Crippen molar-refractivity contribution in [2.24, 2.45) is 0 Å². The average Bonchev–Trinajstić information content (AvgIpc) is 2.32. The number of rotatable bonds is 5. The third-order valence-corrected chi connectivity index (χ3v) is 9.64. The zero-order valence-corrected chi connectivity index (χ0v) is 19.3. The lowest BCUT2D eigenvalue weighted by Gasteiger charge is -2.39. The topological polar surface area (TPSA) is 18.5 Å². The van der Waals surface area contributed by atoms with Crippen molar-refractivity contribution in [3.8, 4) is 0 Å². The van der Waals surface area contributed by atoms with Gasteiger partial charge in [0.2, 0.25) is 16.6 Å². The first-order valence-electron chi connectivity index (χ1n) is 8.75. The van der Waals surface area contributed by atoms with E-state index in [0.29, 0.717) is 0 Å². The fourth-order valence-electron chi connectivity index (χ4n) is 3.35. The van der Waals surface area contributed by atoms with Crippen LogP contribution in [0.25, 0.3) is 6.08 Å². The molecule has 0 saturated carbocycles. The van der Waals surface area contributed by atoms with Crippen molar-refractivity contribution in [3.05, 3.63) is 30.3 Å². The molecule has 24 heavy (non-hydrogen) atoms. The predicted octanol–water partition coefficient (Wildman–Crippen LogP) is 4.78. The number of hydrogen-bond donors (Lipinski definition) is 0. The van der Waals surface area contributed by atoms with Gasteiger partial charge in [-0.25, -0.2) is 0 Å². The van der Waals surface area contributed by atoms with Gasteiger partial charge in [-0.05, 0) is 83.7 Å². The van der Waals surface area contributed by atoms with Gasteiger partial charge in [0.25, 0.3) is 0 Å². The van der Waals surface area contributed by atoms with Gasteiger partial charge in [-0.2, -0.15) is 0 Å². The summed E-state index contributed by atoms with van der Waals surface area (Å²) in [6.45, 7) is 25.9. The van der Waals surface area contributed by atoms with Gasteiger partial charge in [-0.1, -0.05) is 30.9 Å². The highest BCUT2D eigenvalue weighted by atomic mass is 28.4. The second-order valence-corrected chi connectivity index (χ2v) is 17.0. The van der Waals surface area contributed by atoms with Gasteiger partial charge in [0, 0.05) is 11.2 Å². The summed E-state index contributed by atoms with van der Waals surface area (Å²) in [5, 5.41) is 2.69. The van der Waals surface area contributed by atoms with E-state index in [-0.39, 0.29) is 11.2 Å². The molecule has 0 unspecified atom stereocenters. The molecule has 0 amide bonds. The van der Waals surface area contributed by atoms with Gasteiger partial charge in [-0.15, -0.1) is 0 Å². The smallest absolute Gasteiger partial charge is 0.218 e. The molecular formula is C20H36O2Si2. The van der Waals surface area contributed by atoms with Crippen molar-refractivity contribution >= 4 is 33.1 Å². The van der Waals surface area contributed by atoms with E-state index in [2.05, 4.69) is 92.5 Å². The van der Waals surface area contributed by atoms with Crippen LogP contribution in [0.15, 0.2) is 24.8 Å². The second kappa shape index (κ2) is 6.91. The molecule has 0 aromatic heterocycles.